The van der Waals surface area contributed by atoms with Crippen LogP contribution < -0.4 is 0 Å². The van der Waals surface area contributed by atoms with Crippen LogP contribution in [0.1, 0.15) is 0 Å². The minimum Gasteiger partial charge on any atom is -0.309 e. The molecule has 0 bridgehead atoms. The Morgan fingerprint density at radius 3 is 1.46 bits per heavy atom. The molecule has 9 aromatic carbocycles. The third kappa shape index (κ3) is 4.66. The lowest BCUT2D eigenvalue weighted by atomic mass is 9.99. The molecule has 3 heterocycles. The van der Waals surface area contributed by atoms with Gasteiger partial charge >= 0.3 is 0 Å². The van der Waals surface area contributed by atoms with E-state index in [1.807, 2.05) is 0 Å². The summed E-state index contributed by atoms with van der Waals surface area (Å²) >= 11 is 0. The molecule has 3 nitrogen and oxygen atoms in total. The molecule has 0 unspecified atom stereocenters. The second-order valence-electron chi connectivity index (χ2n) is 14.9. The van der Waals surface area contributed by atoms with Gasteiger partial charge in [-0.05, 0) is 77.9 Å². The predicted octanol–water partition coefficient (Wildman–Crippen LogP) is 14.3. The van der Waals surface area contributed by atoms with Gasteiger partial charge in [-0.25, -0.2) is 0 Å². The first-order valence-corrected chi connectivity index (χ1v) is 19.6. The molecule has 0 saturated heterocycles. The van der Waals surface area contributed by atoms with Gasteiger partial charge in [0, 0.05) is 54.8 Å². The lowest BCUT2D eigenvalue weighted by molar-refractivity contribution is 1.17. The van der Waals surface area contributed by atoms with Crippen molar-refractivity contribution in [2.24, 2.45) is 0 Å². The summed E-state index contributed by atoms with van der Waals surface area (Å²) in [4.78, 5) is 0. The van der Waals surface area contributed by atoms with Gasteiger partial charge < -0.3 is 13.7 Å². The highest BCUT2D eigenvalue weighted by Gasteiger charge is 2.22. The topological polar surface area (TPSA) is 14.8 Å². The molecule has 0 N–H and O–H groups in total. The monoisotopic (exact) mass is 725 g/mol. The quantitative estimate of drug-likeness (QED) is 0.168. The van der Waals surface area contributed by atoms with E-state index < -0.39 is 0 Å². The second kappa shape index (κ2) is 12.5. The van der Waals surface area contributed by atoms with Crippen molar-refractivity contribution in [3.05, 3.63) is 212 Å². The molecule has 0 saturated carbocycles. The third-order valence-corrected chi connectivity index (χ3v) is 11.8. The van der Waals surface area contributed by atoms with Crippen molar-refractivity contribution in [1.29, 1.82) is 0 Å². The summed E-state index contributed by atoms with van der Waals surface area (Å²) in [6.45, 7) is 0. The molecule has 12 aromatic rings. The van der Waals surface area contributed by atoms with Crippen LogP contribution in [0.25, 0.3) is 105 Å². The number of fused-ring (bicyclic) bond motifs is 10. The Hall–Kier alpha value is -7.62. The summed E-state index contributed by atoms with van der Waals surface area (Å²) < 4.78 is 7.33. The number of nitrogens with zero attached hydrogens (tertiary/aromatic N) is 3. The second-order valence-corrected chi connectivity index (χ2v) is 14.9. The first kappa shape index (κ1) is 31.7. The van der Waals surface area contributed by atoms with Gasteiger partial charge in [-0.3, -0.25) is 0 Å². The molecule has 12 rings (SSSR count). The maximum absolute atomic E-state index is 2.49. The predicted molar refractivity (Wildman–Crippen MR) is 240 cm³/mol. The Morgan fingerprint density at radius 2 is 0.754 bits per heavy atom. The van der Waals surface area contributed by atoms with Crippen molar-refractivity contribution in [3.8, 4) is 39.3 Å². The van der Waals surface area contributed by atoms with E-state index in [9.17, 15) is 0 Å². The largest absolute Gasteiger partial charge is 0.309 e. The van der Waals surface area contributed by atoms with Gasteiger partial charge in [0.15, 0.2) is 0 Å². The van der Waals surface area contributed by atoms with Crippen LogP contribution in [0.4, 0.5) is 0 Å². The lowest BCUT2D eigenvalue weighted by Crippen LogP contribution is -1.97. The van der Waals surface area contributed by atoms with Crippen LogP contribution in [0.15, 0.2) is 212 Å². The summed E-state index contributed by atoms with van der Waals surface area (Å²) in [6, 6.07) is 77.3. The minimum absolute atomic E-state index is 1.15. The molecule has 0 radical (unpaired) electrons. The van der Waals surface area contributed by atoms with Gasteiger partial charge in [-0.1, -0.05) is 146 Å². The van der Waals surface area contributed by atoms with Crippen LogP contribution in [-0.2, 0) is 0 Å². The number of rotatable bonds is 5. The molecular formula is C54H35N3. The van der Waals surface area contributed by atoms with Gasteiger partial charge in [0.05, 0.1) is 38.8 Å². The number of hydrogen-bond donors (Lipinski definition) is 0. The van der Waals surface area contributed by atoms with Gasteiger partial charge in [0.2, 0.25) is 0 Å². The number of benzene rings is 9. The van der Waals surface area contributed by atoms with Crippen molar-refractivity contribution in [3.63, 3.8) is 0 Å². The SMILES string of the molecule is c1ccc(-c2cccc3c4cc(-c5ccccc5-n5c6ccccc6c6c7c8ccccc8n(-c8ccccc8)c7ccc65)ccc4n(-c4ccccc4)c23)cc1. The first-order chi connectivity index (χ1) is 28.3. The normalized spacial score (nSPS) is 11.9. The van der Waals surface area contributed by atoms with Gasteiger partial charge in [0.25, 0.3) is 0 Å². The highest BCUT2D eigenvalue weighted by molar-refractivity contribution is 6.29. The van der Waals surface area contributed by atoms with Crippen LogP contribution in [0.2, 0.25) is 0 Å². The van der Waals surface area contributed by atoms with Crippen molar-refractivity contribution < 1.29 is 0 Å². The highest BCUT2D eigenvalue weighted by atomic mass is 15.0. The summed E-state index contributed by atoms with van der Waals surface area (Å²) in [7, 11) is 0. The van der Waals surface area contributed by atoms with Crippen LogP contribution in [0.5, 0.6) is 0 Å². The maximum atomic E-state index is 2.49. The van der Waals surface area contributed by atoms with Crippen molar-refractivity contribution >= 4 is 65.4 Å². The molecule has 3 aromatic heterocycles. The van der Waals surface area contributed by atoms with Gasteiger partial charge in [0.1, 0.15) is 0 Å². The molecule has 3 heteroatoms. The molecule has 0 aliphatic heterocycles. The van der Waals surface area contributed by atoms with Crippen LogP contribution >= 0.6 is 0 Å². The Kier molecular flexibility index (Phi) is 6.93. The van der Waals surface area contributed by atoms with E-state index in [1.54, 1.807) is 0 Å². The fourth-order valence-electron chi connectivity index (χ4n) is 9.48. The molecule has 0 spiro atoms. The van der Waals surface area contributed by atoms with E-state index in [-0.39, 0.29) is 0 Å². The minimum atomic E-state index is 1.15. The third-order valence-electron chi connectivity index (χ3n) is 11.8. The molecule has 0 fully saturated rings. The zero-order valence-corrected chi connectivity index (χ0v) is 31.0. The Bertz CT molecular complexity index is 3500. The van der Waals surface area contributed by atoms with Crippen molar-refractivity contribution in [2.45, 2.75) is 0 Å². The van der Waals surface area contributed by atoms with Gasteiger partial charge in [-0.15, -0.1) is 0 Å². The van der Waals surface area contributed by atoms with E-state index in [1.165, 1.54) is 87.7 Å². The van der Waals surface area contributed by atoms with Crippen molar-refractivity contribution in [2.75, 3.05) is 0 Å². The molecule has 0 amide bonds. The zero-order chi connectivity index (χ0) is 37.5. The molecule has 0 aliphatic carbocycles. The van der Waals surface area contributed by atoms with E-state index >= 15 is 0 Å². The molecule has 0 aliphatic rings. The standard InChI is InChI=1S/C54H35N3/c1-4-17-36(18-5-1)41-26-16-27-42-45-35-37(31-32-49(45)56(54(41)42)39-21-8-3-9-22-39)40-23-10-13-28-46(40)57-48-30-15-12-25-44(48)53-51(57)34-33-50-52(53)43-24-11-14-29-47(43)55(50)38-19-6-2-7-20-38/h1-35H. The van der Waals surface area contributed by atoms with Crippen LogP contribution in [0, 0.1) is 0 Å². The van der Waals surface area contributed by atoms with E-state index in [0.29, 0.717) is 0 Å². The number of para-hydroxylation sites is 6. The summed E-state index contributed by atoms with van der Waals surface area (Å²) in [6.07, 6.45) is 0. The summed E-state index contributed by atoms with van der Waals surface area (Å²) in [5.41, 5.74) is 15.5. The van der Waals surface area contributed by atoms with E-state index in [4.69, 9.17) is 0 Å². The fourth-order valence-corrected chi connectivity index (χ4v) is 9.48. The van der Waals surface area contributed by atoms with Gasteiger partial charge in [-0.2, -0.15) is 0 Å². The smallest absolute Gasteiger partial charge is 0.0619 e. The van der Waals surface area contributed by atoms with E-state index in [0.717, 1.165) is 17.1 Å². The molecule has 266 valence electrons. The first-order valence-electron chi connectivity index (χ1n) is 19.6. The number of hydrogen-bond acceptors (Lipinski definition) is 0. The average molecular weight is 726 g/mol. The summed E-state index contributed by atoms with van der Waals surface area (Å²) in [5.74, 6) is 0. The Balaban J connectivity index is 1.13. The molecule has 57 heavy (non-hydrogen) atoms. The van der Waals surface area contributed by atoms with Crippen LogP contribution in [-0.4, -0.2) is 13.7 Å². The zero-order valence-electron chi connectivity index (χ0n) is 31.0. The fraction of sp³-hybridized carbons (Fsp3) is 0. The van der Waals surface area contributed by atoms with E-state index in [2.05, 4.69) is 226 Å². The number of aromatic nitrogens is 3. The Labute approximate surface area is 329 Å². The molecular weight excluding hydrogens is 691 g/mol. The van der Waals surface area contributed by atoms with Crippen LogP contribution in [0.3, 0.4) is 0 Å². The average Bonchev–Trinajstić information content (AvgIpc) is 3.93. The lowest BCUT2D eigenvalue weighted by Gasteiger charge is -2.15. The summed E-state index contributed by atoms with van der Waals surface area (Å²) in [5, 5.41) is 7.54. The Morgan fingerprint density at radius 1 is 0.263 bits per heavy atom. The molecule has 0 atom stereocenters. The van der Waals surface area contributed by atoms with Crippen molar-refractivity contribution in [1.82, 2.24) is 13.7 Å². The highest BCUT2D eigenvalue weighted by Crippen LogP contribution is 2.45. The maximum Gasteiger partial charge on any atom is 0.0619 e.